The van der Waals surface area contributed by atoms with Crippen molar-refractivity contribution >= 4 is 50.0 Å². The van der Waals surface area contributed by atoms with Crippen molar-refractivity contribution in [3.05, 3.63) is 50.4 Å². The van der Waals surface area contributed by atoms with Crippen LogP contribution in [-0.4, -0.2) is 18.6 Å². The molecular weight excluding hydrogens is 423 g/mol. The van der Waals surface area contributed by atoms with Crippen LogP contribution in [0.3, 0.4) is 0 Å². The molecule has 0 radical (unpaired) electrons. The quantitative estimate of drug-likeness (QED) is 0.447. The molecule has 0 aliphatic carbocycles. The molecule has 132 valence electrons. The minimum atomic E-state index is 0.666. The molecule has 0 unspecified atom stereocenters. The lowest BCUT2D eigenvalue weighted by Gasteiger charge is -2.10. The van der Waals surface area contributed by atoms with Gasteiger partial charge in [0.25, 0.3) is 0 Å². The molecule has 0 fully saturated rings. The van der Waals surface area contributed by atoms with Gasteiger partial charge in [0.1, 0.15) is 5.75 Å². The topological polar surface area (TPSA) is 51.0 Å². The summed E-state index contributed by atoms with van der Waals surface area (Å²) in [6.45, 7) is 0.683. The zero-order chi connectivity index (χ0) is 18.0. The largest absolute Gasteiger partial charge is 0.496 e. The lowest BCUT2D eigenvalue weighted by atomic mass is 9.99. The molecule has 0 atom stereocenters. The van der Waals surface area contributed by atoms with E-state index in [0.717, 1.165) is 51.6 Å². The van der Waals surface area contributed by atoms with Gasteiger partial charge < -0.3 is 15.5 Å². The second-order valence-electron chi connectivity index (χ2n) is 5.88. The third kappa shape index (κ3) is 3.82. The molecule has 1 heterocycles. The van der Waals surface area contributed by atoms with Crippen molar-refractivity contribution in [1.82, 2.24) is 4.98 Å². The number of H-pyrrole nitrogens is 1. The van der Waals surface area contributed by atoms with Gasteiger partial charge in [-0.05, 0) is 77.6 Å². The first kappa shape index (κ1) is 18.6. The zero-order valence-corrected chi connectivity index (χ0v) is 16.9. The van der Waals surface area contributed by atoms with Crippen LogP contribution >= 0.6 is 39.1 Å². The Labute approximate surface area is 165 Å². The molecule has 3 rings (SSSR count). The number of fused-ring (bicyclic) bond motifs is 1. The first-order chi connectivity index (χ1) is 12.0. The molecule has 0 saturated heterocycles. The van der Waals surface area contributed by atoms with Gasteiger partial charge in [-0.25, -0.2) is 0 Å². The number of aryl methyl sites for hydroxylation is 1. The van der Waals surface area contributed by atoms with Crippen LogP contribution in [0.15, 0.2) is 34.8 Å². The van der Waals surface area contributed by atoms with E-state index in [9.17, 15) is 0 Å². The third-order valence-corrected chi connectivity index (χ3v) is 5.32. The highest BCUT2D eigenvalue weighted by Gasteiger charge is 2.18. The maximum atomic E-state index is 6.29. The SMILES string of the molecule is COc1ccc(Cl)cc1-c1[nH]c2c(Br)cc(Cl)cc2c1CCCCN. The standard InChI is InChI=1S/C19H19BrCl2N2O/c1-25-17-6-5-11(21)8-15(17)18-13(4-2-3-7-23)14-9-12(22)10-16(20)19(14)24-18/h5-6,8-10,24H,2-4,7,23H2,1H3. The van der Waals surface area contributed by atoms with E-state index < -0.39 is 0 Å². The summed E-state index contributed by atoms with van der Waals surface area (Å²) in [5.41, 5.74) is 9.84. The van der Waals surface area contributed by atoms with E-state index in [1.54, 1.807) is 7.11 Å². The van der Waals surface area contributed by atoms with Crippen LogP contribution in [0.5, 0.6) is 5.75 Å². The van der Waals surface area contributed by atoms with Gasteiger partial charge in [0.2, 0.25) is 0 Å². The first-order valence-corrected chi connectivity index (χ1v) is 9.63. The number of halogens is 3. The van der Waals surface area contributed by atoms with Crippen molar-refractivity contribution in [2.75, 3.05) is 13.7 Å². The number of rotatable bonds is 6. The van der Waals surface area contributed by atoms with E-state index in [0.29, 0.717) is 16.6 Å². The number of methoxy groups -OCH3 is 1. The Balaban J connectivity index is 2.25. The van der Waals surface area contributed by atoms with Crippen molar-refractivity contribution in [2.45, 2.75) is 19.3 Å². The highest BCUT2D eigenvalue weighted by molar-refractivity contribution is 9.10. The summed E-state index contributed by atoms with van der Waals surface area (Å²) in [6, 6.07) is 9.52. The molecule has 0 aliphatic rings. The third-order valence-electron chi connectivity index (χ3n) is 4.24. The molecule has 0 saturated carbocycles. The monoisotopic (exact) mass is 440 g/mol. The minimum absolute atomic E-state index is 0.666. The van der Waals surface area contributed by atoms with Crippen molar-refractivity contribution in [3.63, 3.8) is 0 Å². The van der Waals surface area contributed by atoms with Gasteiger partial charge in [-0.3, -0.25) is 0 Å². The zero-order valence-electron chi connectivity index (χ0n) is 13.8. The van der Waals surface area contributed by atoms with Crippen LogP contribution in [0.1, 0.15) is 18.4 Å². The number of aromatic nitrogens is 1. The Morgan fingerprint density at radius 3 is 2.64 bits per heavy atom. The van der Waals surface area contributed by atoms with Crippen LogP contribution in [-0.2, 0) is 6.42 Å². The van der Waals surface area contributed by atoms with Crippen LogP contribution in [0, 0.1) is 0 Å². The Hall–Kier alpha value is -1.20. The normalized spacial score (nSPS) is 11.2. The number of hydrogen-bond acceptors (Lipinski definition) is 2. The van der Waals surface area contributed by atoms with E-state index in [4.69, 9.17) is 33.7 Å². The molecule has 0 spiro atoms. The van der Waals surface area contributed by atoms with Gasteiger partial charge in [0.15, 0.2) is 0 Å². The van der Waals surface area contributed by atoms with E-state index >= 15 is 0 Å². The van der Waals surface area contributed by atoms with Crippen LogP contribution < -0.4 is 10.5 Å². The number of hydrogen-bond donors (Lipinski definition) is 2. The van der Waals surface area contributed by atoms with E-state index in [1.807, 2.05) is 30.3 Å². The van der Waals surface area contributed by atoms with E-state index in [-0.39, 0.29) is 0 Å². The number of benzene rings is 2. The Kier molecular flexibility index (Phi) is 5.95. The predicted molar refractivity (Wildman–Crippen MR) is 110 cm³/mol. The average Bonchev–Trinajstić information content (AvgIpc) is 2.94. The average molecular weight is 442 g/mol. The predicted octanol–water partition coefficient (Wildman–Crippen LogP) is 6.19. The van der Waals surface area contributed by atoms with Gasteiger partial charge in [0, 0.05) is 25.5 Å². The summed E-state index contributed by atoms with van der Waals surface area (Å²) in [6.07, 6.45) is 2.87. The molecule has 0 aliphatic heterocycles. The van der Waals surface area contributed by atoms with E-state index in [2.05, 4.69) is 20.9 Å². The summed E-state index contributed by atoms with van der Waals surface area (Å²) in [5.74, 6) is 0.776. The number of nitrogens with two attached hydrogens (primary N) is 1. The van der Waals surface area contributed by atoms with Crippen molar-refractivity contribution in [3.8, 4) is 17.0 Å². The molecule has 3 aromatic rings. The van der Waals surface area contributed by atoms with Crippen molar-refractivity contribution in [2.24, 2.45) is 5.73 Å². The molecule has 2 aromatic carbocycles. The fourth-order valence-electron chi connectivity index (χ4n) is 3.09. The van der Waals surface area contributed by atoms with Crippen LogP contribution in [0.2, 0.25) is 10.0 Å². The summed E-state index contributed by atoms with van der Waals surface area (Å²) >= 11 is 16.1. The number of unbranched alkanes of at least 4 members (excludes halogenated alkanes) is 1. The fraction of sp³-hybridized carbons (Fsp3) is 0.263. The van der Waals surface area contributed by atoms with Gasteiger partial charge >= 0.3 is 0 Å². The minimum Gasteiger partial charge on any atom is -0.496 e. The molecule has 3 nitrogen and oxygen atoms in total. The molecule has 0 bridgehead atoms. The molecule has 25 heavy (non-hydrogen) atoms. The van der Waals surface area contributed by atoms with Gasteiger partial charge in [-0.15, -0.1) is 0 Å². The molecule has 0 amide bonds. The second kappa shape index (κ2) is 8.00. The van der Waals surface area contributed by atoms with Gasteiger partial charge in [-0.1, -0.05) is 23.2 Å². The Morgan fingerprint density at radius 1 is 1.12 bits per heavy atom. The second-order valence-corrected chi connectivity index (χ2v) is 7.61. The maximum absolute atomic E-state index is 6.29. The first-order valence-electron chi connectivity index (χ1n) is 8.08. The van der Waals surface area contributed by atoms with Crippen molar-refractivity contribution < 1.29 is 4.74 Å². The molecule has 6 heteroatoms. The van der Waals surface area contributed by atoms with Gasteiger partial charge in [-0.2, -0.15) is 0 Å². The lowest BCUT2D eigenvalue weighted by Crippen LogP contribution is -1.99. The maximum Gasteiger partial charge on any atom is 0.128 e. The number of nitrogens with one attached hydrogen (secondary N) is 1. The smallest absolute Gasteiger partial charge is 0.128 e. The van der Waals surface area contributed by atoms with Crippen molar-refractivity contribution in [1.29, 1.82) is 0 Å². The Morgan fingerprint density at radius 2 is 1.92 bits per heavy atom. The molecular formula is C19H19BrCl2N2O. The number of ether oxygens (including phenoxy) is 1. The molecule has 3 N–H and O–H groups in total. The summed E-state index contributed by atoms with van der Waals surface area (Å²) in [5, 5.41) is 2.47. The van der Waals surface area contributed by atoms with Gasteiger partial charge in [0.05, 0.1) is 18.3 Å². The highest BCUT2D eigenvalue weighted by Crippen LogP contribution is 2.40. The van der Waals surface area contributed by atoms with E-state index in [1.165, 1.54) is 5.56 Å². The highest BCUT2D eigenvalue weighted by atomic mass is 79.9. The van der Waals surface area contributed by atoms with Crippen LogP contribution in [0.25, 0.3) is 22.2 Å². The van der Waals surface area contributed by atoms with Crippen LogP contribution in [0.4, 0.5) is 0 Å². The lowest BCUT2D eigenvalue weighted by molar-refractivity contribution is 0.416. The summed E-state index contributed by atoms with van der Waals surface area (Å²) in [4.78, 5) is 3.53. The molecule has 1 aromatic heterocycles. The number of aromatic amines is 1. The summed E-state index contributed by atoms with van der Waals surface area (Å²) < 4.78 is 6.48. The fourth-order valence-corrected chi connectivity index (χ4v) is 4.17. The summed E-state index contributed by atoms with van der Waals surface area (Å²) in [7, 11) is 1.66. The Bertz CT molecular complexity index is 908.